The van der Waals surface area contributed by atoms with Crippen LogP contribution in [-0.2, 0) is 16.0 Å². The lowest BCUT2D eigenvalue weighted by Crippen LogP contribution is -2.49. The number of aromatic nitrogens is 1. The second-order valence-electron chi connectivity index (χ2n) is 8.94. The van der Waals surface area contributed by atoms with E-state index in [0.717, 1.165) is 24.5 Å². The van der Waals surface area contributed by atoms with Gasteiger partial charge >= 0.3 is 0 Å². The third kappa shape index (κ3) is 6.67. The summed E-state index contributed by atoms with van der Waals surface area (Å²) < 4.78 is 10.4. The number of carbonyl (C=O) groups is 3. The number of furan rings is 1. The lowest BCUT2D eigenvalue weighted by Gasteiger charge is -2.36. The highest BCUT2D eigenvalue weighted by Crippen LogP contribution is 2.21. The van der Waals surface area contributed by atoms with Gasteiger partial charge in [0.2, 0.25) is 11.8 Å². The minimum atomic E-state index is -0.365. The van der Waals surface area contributed by atoms with Gasteiger partial charge in [-0.15, -0.1) is 11.3 Å². The molecular formula is C26H31N5O5S. The Hall–Kier alpha value is -3.86. The van der Waals surface area contributed by atoms with Gasteiger partial charge < -0.3 is 29.2 Å². The first kappa shape index (κ1) is 26.2. The van der Waals surface area contributed by atoms with Gasteiger partial charge in [-0.2, -0.15) is 0 Å². The molecule has 1 aliphatic rings. The fourth-order valence-electron chi connectivity index (χ4n) is 4.06. The Morgan fingerprint density at radius 2 is 1.86 bits per heavy atom. The highest BCUT2D eigenvalue weighted by atomic mass is 32.1. The molecule has 37 heavy (non-hydrogen) atoms. The number of nitrogens with zero attached hydrogens (tertiary/aromatic N) is 4. The zero-order valence-corrected chi connectivity index (χ0v) is 22.0. The van der Waals surface area contributed by atoms with Crippen molar-refractivity contribution in [1.82, 2.24) is 14.8 Å². The molecule has 0 saturated carbocycles. The molecule has 196 valence electrons. The van der Waals surface area contributed by atoms with E-state index in [0.29, 0.717) is 23.9 Å². The van der Waals surface area contributed by atoms with Crippen molar-refractivity contribution in [3.05, 3.63) is 59.5 Å². The number of hydrogen-bond acceptors (Lipinski definition) is 8. The van der Waals surface area contributed by atoms with E-state index in [9.17, 15) is 14.4 Å². The first-order valence-corrected chi connectivity index (χ1v) is 13.0. The van der Waals surface area contributed by atoms with E-state index >= 15 is 0 Å². The van der Waals surface area contributed by atoms with Crippen molar-refractivity contribution in [2.24, 2.45) is 0 Å². The maximum absolute atomic E-state index is 12.8. The van der Waals surface area contributed by atoms with E-state index in [2.05, 4.69) is 15.2 Å². The molecule has 3 amide bonds. The molecule has 11 heteroatoms. The van der Waals surface area contributed by atoms with Crippen molar-refractivity contribution >= 4 is 39.9 Å². The van der Waals surface area contributed by atoms with E-state index < -0.39 is 0 Å². The zero-order valence-electron chi connectivity index (χ0n) is 21.2. The molecule has 0 spiro atoms. The van der Waals surface area contributed by atoms with Crippen molar-refractivity contribution < 1.29 is 23.5 Å². The minimum absolute atomic E-state index is 0.00702. The van der Waals surface area contributed by atoms with Gasteiger partial charge in [0.05, 0.1) is 25.5 Å². The van der Waals surface area contributed by atoms with Crippen LogP contribution in [0.2, 0.25) is 0 Å². The molecule has 1 aromatic carbocycles. The highest BCUT2D eigenvalue weighted by Gasteiger charge is 2.25. The lowest BCUT2D eigenvalue weighted by atomic mass is 10.2. The van der Waals surface area contributed by atoms with Gasteiger partial charge in [-0.05, 0) is 50.2 Å². The number of benzene rings is 1. The summed E-state index contributed by atoms with van der Waals surface area (Å²) in [6, 6.07) is 10.9. The summed E-state index contributed by atoms with van der Waals surface area (Å²) in [4.78, 5) is 48.0. The van der Waals surface area contributed by atoms with Gasteiger partial charge in [-0.1, -0.05) is 0 Å². The van der Waals surface area contributed by atoms with Crippen LogP contribution in [0.3, 0.4) is 0 Å². The Bertz CT molecular complexity index is 1200. The Morgan fingerprint density at radius 1 is 1.14 bits per heavy atom. The number of piperazine rings is 1. The summed E-state index contributed by atoms with van der Waals surface area (Å²) in [6.07, 6.45) is 1.59. The number of hydrogen-bond donors (Lipinski definition) is 1. The van der Waals surface area contributed by atoms with Gasteiger partial charge in [0.15, 0.2) is 10.9 Å². The van der Waals surface area contributed by atoms with Crippen LogP contribution in [0.25, 0.3) is 0 Å². The molecular weight excluding hydrogens is 494 g/mol. The molecule has 0 atom stereocenters. The standard InChI is InChI=1S/C26H31N5O5S/c1-18(2)31(25(34)22-5-4-14-36-22)16-23(32)28-26-27-19(17-37-26)15-24(33)30-12-10-29(11-13-30)20-6-8-21(35-3)9-7-20/h4-9,14,17-18H,10-13,15-16H2,1-3H3,(H,27,28,32). The van der Waals surface area contributed by atoms with Gasteiger partial charge in [-0.25, -0.2) is 4.98 Å². The first-order chi connectivity index (χ1) is 17.8. The predicted octanol–water partition coefficient (Wildman–Crippen LogP) is 3.13. The molecule has 1 aliphatic heterocycles. The summed E-state index contributed by atoms with van der Waals surface area (Å²) in [5.74, 6) is 0.285. The third-order valence-corrected chi connectivity index (χ3v) is 6.94. The van der Waals surface area contributed by atoms with Gasteiger partial charge in [0.25, 0.3) is 5.91 Å². The molecule has 4 rings (SSSR count). The van der Waals surface area contributed by atoms with Crippen LogP contribution in [0.1, 0.15) is 30.1 Å². The number of rotatable bonds is 9. The minimum Gasteiger partial charge on any atom is -0.497 e. The van der Waals surface area contributed by atoms with E-state index in [1.165, 1.54) is 22.5 Å². The van der Waals surface area contributed by atoms with Gasteiger partial charge in [-0.3, -0.25) is 14.4 Å². The Balaban J connectivity index is 1.26. The summed E-state index contributed by atoms with van der Waals surface area (Å²) >= 11 is 1.25. The molecule has 1 fully saturated rings. The average Bonchev–Trinajstić information content (AvgIpc) is 3.59. The number of nitrogens with one attached hydrogen (secondary N) is 1. The topological polar surface area (TPSA) is 108 Å². The van der Waals surface area contributed by atoms with Crippen molar-refractivity contribution in [2.75, 3.05) is 50.1 Å². The summed E-state index contributed by atoms with van der Waals surface area (Å²) in [7, 11) is 1.64. The quantitative estimate of drug-likeness (QED) is 0.457. The van der Waals surface area contributed by atoms with Crippen LogP contribution in [-0.4, -0.2) is 78.4 Å². The number of carbonyl (C=O) groups excluding carboxylic acids is 3. The van der Waals surface area contributed by atoms with Crippen LogP contribution in [0.5, 0.6) is 5.75 Å². The SMILES string of the molecule is COc1ccc(N2CCN(C(=O)Cc3csc(NC(=O)CN(C(=O)c4ccco4)C(C)C)n3)CC2)cc1. The number of anilines is 2. The summed E-state index contributed by atoms with van der Waals surface area (Å²) in [6.45, 7) is 6.29. The molecule has 0 aliphatic carbocycles. The Labute approximate surface area is 219 Å². The van der Waals surface area contributed by atoms with E-state index in [1.807, 2.05) is 43.0 Å². The van der Waals surface area contributed by atoms with Crippen molar-refractivity contribution in [2.45, 2.75) is 26.3 Å². The second kappa shape index (κ2) is 11.9. The maximum Gasteiger partial charge on any atom is 0.290 e. The number of methoxy groups -OCH3 is 1. The van der Waals surface area contributed by atoms with E-state index in [-0.39, 0.29) is 42.5 Å². The van der Waals surface area contributed by atoms with E-state index in [4.69, 9.17) is 9.15 Å². The van der Waals surface area contributed by atoms with Crippen LogP contribution in [0.15, 0.2) is 52.5 Å². The molecule has 1 saturated heterocycles. The molecule has 0 unspecified atom stereocenters. The molecule has 10 nitrogen and oxygen atoms in total. The number of amides is 3. The fraction of sp³-hybridized carbons (Fsp3) is 0.385. The van der Waals surface area contributed by atoms with Crippen molar-refractivity contribution in [1.29, 1.82) is 0 Å². The largest absolute Gasteiger partial charge is 0.497 e. The molecule has 3 heterocycles. The van der Waals surface area contributed by atoms with Crippen LogP contribution < -0.4 is 15.0 Å². The van der Waals surface area contributed by atoms with Crippen LogP contribution in [0.4, 0.5) is 10.8 Å². The molecule has 0 bridgehead atoms. The van der Waals surface area contributed by atoms with E-state index in [1.54, 1.807) is 24.6 Å². The number of ether oxygens (including phenoxy) is 1. The first-order valence-electron chi connectivity index (χ1n) is 12.1. The predicted molar refractivity (Wildman–Crippen MR) is 141 cm³/mol. The molecule has 1 N–H and O–H groups in total. The number of thiazole rings is 1. The highest BCUT2D eigenvalue weighted by molar-refractivity contribution is 7.13. The van der Waals surface area contributed by atoms with Gasteiger partial charge in [0, 0.05) is 43.3 Å². The summed E-state index contributed by atoms with van der Waals surface area (Å²) in [5, 5.41) is 4.90. The molecule has 3 aromatic rings. The van der Waals surface area contributed by atoms with Crippen molar-refractivity contribution in [3.8, 4) is 5.75 Å². The lowest BCUT2D eigenvalue weighted by molar-refractivity contribution is -0.130. The monoisotopic (exact) mass is 525 g/mol. The molecule has 0 radical (unpaired) electrons. The average molecular weight is 526 g/mol. The smallest absolute Gasteiger partial charge is 0.290 e. The van der Waals surface area contributed by atoms with Crippen LogP contribution in [0, 0.1) is 0 Å². The third-order valence-electron chi connectivity index (χ3n) is 6.13. The molecule has 2 aromatic heterocycles. The Morgan fingerprint density at radius 3 is 2.49 bits per heavy atom. The second-order valence-corrected chi connectivity index (χ2v) is 9.80. The summed E-state index contributed by atoms with van der Waals surface area (Å²) in [5.41, 5.74) is 1.71. The van der Waals surface area contributed by atoms with Crippen LogP contribution >= 0.6 is 11.3 Å². The van der Waals surface area contributed by atoms with Crippen molar-refractivity contribution in [3.63, 3.8) is 0 Å². The Kier molecular flexibility index (Phi) is 8.44. The fourth-order valence-corrected chi connectivity index (χ4v) is 4.79. The zero-order chi connectivity index (χ0) is 26.4. The maximum atomic E-state index is 12.8. The normalized spacial score (nSPS) is 13.5. The van der Waals surface area contributed by atoms with Gasteiger partial charge in [0.1, 0.15) is 12.3 Å².